The fourth-order valence-corrected chi connectivity index (χ4v) is 14.6. The number of ether oxygens (including phenoxy) is 4. The topological polar surface area (TPSA) is 237 Å². The number of hydrogen-bond acceptors (Lipinski definition) is 15. The highest BCUT2D eigenvalue weighted by Gasteiger charge is 2.30. The highest BCUT2D eigenvalue weighted by molar-refractivity contribution is 7.47. The molecule has 17 nitrogen and oxygen atoms in total. The maximum atomic E-state index is 13.1. The van der Waals surface area contributed by atoms with E-state index in [2.05, 4.69) is 41.5 Å². The van der Waals surface area contributed by atoms with Crippen LogP contribution in [0.1, 0.15) is 446 Å². The van der Waals surface area contributed by atoms with Crippen molar-refractivity contribution in [2.24, 2.45) is 11.8 Å². The molecule has 103 heavy (non-hydrogen) atoms. The van der Waals surface area contributed by atoms with E-state index in [1.54, 1.807) is 0 Å². The average molecular weight is 1510 g/mol. The number of phosphoric ester groups is 2. The summed E-state index contributed by atoms with van der Waals surface area (Å²) in [5.74, 6) is -0.519. The van der Waals surface area contributed by atoms with Gasteiger partial charge in [0.05, 0.1) is 26.4 Å². The molecule has 0 saturated carbocycles. The molecule has 0 aromatic heterocycles. The number of carbonyl (C=O) groups is 4. The molecule has 0 heterocycles. The van der Waals surface area contributed by atoms with Crippen LogP contribution in [-0.4, -0.2) is 96.7 Å². The molecule has 0 bridgehead atoms. The lowest BCUT2D eigenvalue weighted by molar-refractivity contribution is -0.161. The van der Waals surface area contributed by atoms with E-state index < -0.39 is 97.5 Å². The summed E-state index contributed by atoms with van der Waals surface area (Å²) in [6.45, 7) is 9.65. The third-order valence-corrected chi connectivity index (χ3v) is 22.3. The lowest BCUT2D eigenvalue weighted by atomic mass is 9.99. The molecule has 0 aromatic carbocycles. The number of aliphatic hydroxyl groups is 1. The van der Waals surface area contributed by atoms with Crippen LogP contribution in [0.4, 0.5) is 0 Å². The van der Waals surface area contributed by atoms with Crippen molar-refractivity contribution in [1.29, 1.82) is 0 Å². The van der Waals surface area contributed by atoms with Crippen LogP contribution in [0.5, 0.6) is 0 Å². The molecular weight excluding hydrogens is 1340 g/mol. The average Bonchev–Trinajstić information content (AvgIpc) is 0.972. The van der Waals surface area contributed by atoms with E-state index in [0.717, 1.165) is 102 Å². The van der Waals surface area contributed by atoms with Gasteiger partial charge in [0.25, 0.3) is 0 Å². The summed E-state index contributed by atoms with van der Waals surface area (Å²) in [4.78, 5) is 73.0. The van der Waals surface area contributed by atoms with Gasteiger partial charge in [-0.25, -0.2) is 9.13 Å². The van der Waals surface area contributed by atoms with Crippen LogP contribution in [0.15, 0.2) is 0 Å². The van der Waals surface area contributed by atoms with Crippen LogP contribution in [0.2, 0.25) is 0 Å². The van der Waals surface area contributed by atoms with E-state index in [1.807, 2.05) is 0 Å². The standard InChI is InChI=1S/C84H164O17P2/c1-7-11-13-15-17-19-21-22-23-24-25-26-27-31-34-37-40-44-48-55-61-67-82(87)94-72-79(100-83(88)68-62-56-49-45-41-38-35-32-29-28-30-33-36-39-42-46-52-58-64-76(5)9-3)74-98-102(90,91)96-70-78(85)71-97-103(92,93)99-75-80(101-84(89)69-63-57-51-50-53-59-65-77(6)10-4)73-95-81(86)66-60-54-47-43-20-18-16-14-12-8-2/h76-80,85H,7-75H2,1-6H3,(H,90,91)(H,92,93)/t76?,77?,78-,79-,80-/m1/s1. The Morgan fingerprint density at radius 1 is 0.272 bits per heavy atom. The molecule has 0 spiro atoms. The van der Waals surface area contributed by atoms with Gasteiger partial charge in [0, 0.05) is 25.7 Å². The summed E-state index contributed by atoms with van der Waals surface area (Å²) in [6.07, 6.45) is 66.9. The third kappa shape index (κ3) is 75.3. The van der Waals surface area contributed by atoms with Crippen molar-refractivity contribution < 1.29 is 80.2 Å². The van der Waals surface area contributed by atoms with Gasteiger partial charge in [-0.1, -0.05) is 395 Å². The van der Waals surface area contributed by atoms with Crippen molar-refractivity contribution in [2.45, 2.75) is 464 Å². The maximum Gasteiger partial charge on any atom is 0.472 e. The summed E-state index contributed by atoms with van der Waals surface area (Å²) >= 11 is 0. The first kappa shape index (κ1) is 101. The Hall–Kier alpha value is -1.94. The zero-order valence-corrected chi connectivity index (χ0v) is 69.4. The van der Waals surface area contributed by atoms with Crippen LogP contribution >= 0.6 is 15.6 Å². The van der Waals surface area contributed by atoms with E-state index in [4.69, 9.17) is 37.0 Å². The Kier molecular flexibility index (Phi) is 74.1. The van der Waals surface area contributed by atoms with Crippen LogP contribution in [0, 0.1) is 11.8 Å². The summed E-state index contributed by atoms with van der Waals surface area (Å²) in [5.41, 5.74) is 0. The molecule has 19 heteroatoms. The van der Waals surface area contributed by atoms with E-state index >= 15 is 0 Å². The van der Waals surface area contributed by atoms with Crippen LogP contribution in [0.3, 0.4) is 0 Å². The number of carbonyl (C=O) groups excluding carboxylic acids is 4. The largest absolute Gasteiger partial charge is 0.472 e. The molecule has 0 fully saturated rings. The summed E-state index contributed by atoms with van der Waals surface area (Å²) in [6, 6.07) is 0. The zero-order valence-electron chi connectivity index (χ0n) is 67.6. The maximum absolute atomic E-state index is 13.1. The Morgan fingerprint density at radius 3 is 0.689 bits per heavy atom. The van der Waals surface area contributed by atoms with Crippen molar-refractivity contribution in [1.82, 2.24) is 0 Å². The molecule has 0 aliphatic carbocycles. The normalized spacial score (nSPS) is 14.4. The van der Waals surface area contributed by atoms with E-state index in [9.17, 15) is 43.2 Å². The van der Waals surface area contributed by atoms with Gasteiger partial charge in [0.1, 0.15) is 19.3 Å². The first-order chi connectivity index (χ1) is 49.9. The number of phosphoric acid groups is 2. The van der Waals surface area contributed by atoms with Gasteiger partial charge in [-0.05, 0) is 37.5 Å². The summed E-state index contributed by atoms with van der Waals surface area (Å²) in [7, 11) is -9.92. The predicted octanol–water partition coefficient (Wildman–Crippen LogP) is 25.5. The first-order valence-electron chi connectivity index (χ1n) is 43.6. The minimum atomic E-state index is -4.96. The highest BCUT2D eigenvalue weighted by Crippen LogP contribution is 2.45. The zero-order chi connectivity index (χ0) is 75.6. The Labute approximate surface area is 632 Å². The third-order valence-electron chi connectivity index (χ3n) is 20.4. The lowest BCUT2D eigenvalue weighted by Gasteiger charge is -2.21. The highest BCUT2D eigenvalue weighted by atomic mass is 31.2. The van der Waals surface area contributed by atoms with Gasteiger partial charge in [0.2, 0.25) is 0 Å². The molecule has 0 aliphatic heterocycles. The predicted molar refractivity (Wildman–Crippen MR) is 423 cm³/mol. The SMILES string of the molecule is CCCCCCCCCCCCCCCCCCCCCCCC(=O)OC[C@H](COP(=O)(O)OC[C@@H](O)COP(=O)(O)OC[C@@H](COC(=O)CCCCCCCCCCCC)OC(=O)CCCCCCCCC(C)CC)OC(=O)CCCCCCCCCCCCCCCCCCCCC(C)CC. The Balaban J connectivity index is 5.17. The fourth-order valence-electron chi connectivity index (χ4n) is 13.0. The second kappa shape index (κ2) is 75.5. The Morgan fingerprint density at radius 2 is 0.466 bits per heavy atom. The quantitative estimate of drug-likeness (QED) is 0.0222. The summed E-state index contributed by atoms with van der Waals surface area (Å²) < 4.78 is 68.7. The van der Waals surface area contributed by atoms with Crippen molar-refractivity contribution in [3.63, 3.8) is 0 Å². The molecule has 612 valence electrons. The van der Waals surface area contributed by atoms with Gasteiger partial charge < -0.3 is 33.8 Å². The van der Waals surface area contributed by atoms with Crippen LogP contribution < -0.4 is 0 Å². The molecule has 3 N–H and O–H groups in total. The number of rotatable bonds is 83. The second-order valence-corrected chi connectivity index (χ2v) is 33.6. The molecule has 0 aliphatic rings. The monoisotopic (exact) mass is 1510 g/mol. The second-order valence-electron chi connectivity index (χ2n) is 30.7. The van der Waals surface area contributed by atoms with Crippen molar-refractivity contribution in [2.75, 3.05) is 39.6 Å². The molecule has 0 rings (SSSR count). The van der Waals surface area contributed by atoms with E-state index in [0.29, 0.717) is 25.7 Å². The summed E-state index contributed by atoms with van der Waals surface area (Å²) in [5, 5.41) is 10.6. The number of hydrogen-bond donors (Lipinski definition) is 3. The first-order valence-corrected chi connectivity index (χ1v) is 46.6. The lowest BCUT2D eigenvalue weighted by Crippen LogP contribution is -2.30. The van der Waals surface area contributed by atoms with Gasteiger partial charge in [-0.15, -0.1) is 0 Å². The van der Waals surface area contributed by atoms with Crippen LogP contribution in [0.25, 0.3) is 0 Å². The van der Waals surface area contributed by atoms with E-state index in [-0.39, 0.29) is 25.7 Å². The van der Waals surface area contributed by atoms with Gasteiger partial charge in [-0.2, -0.15) is 0 Å². The number of aliphatic hydroxyl groups excluding tert-OH is 1. The minimum absolute atomic E-state index is 0.103. The van der Waals surface area contributed by atoms with Gasteiger partial charge in [-0.3, -0.25) is 37.3 Å². The molecule has 0 saturated heterocycles. The number of esters is 4. The minimum Gasteiger partial charge on any atom is -0.462 e. The van der Waals surface area contributed by atoms with Crippen molar-refractivity contribution in [3.05, 3.63) is 0 Å². The Bertz CT molecular complexity index is 1980. The smallest absolute Gasteiger partial charge is 0.462 e. The van der Waals surface area contributed by atoms with Crippen LogP contribution in [-0.2, 0) is 65.4 Å². The van der Waals surface area contributed by atoms with Gasteiger partial charge in [0.15, 0.2) is 12.2 Å². The van der Waals surface area contributed by atoms with Gasteiger partial charge >= 0.3 is 39.5 Å². The molecule has 0 radical (unpaired) electrons. The molecule has 7 atom stereocenters. The number of unbranched alkanes of at least 4 members (excludes halogenated alkanes) is 51. The molecule has 0 aromatic rings. The van der Waals surface area contributed by atoms with E-state index in [1.165, 1.54) is 263 Å². The van der Waals surface area contributed by atoms with Crippen molar-refractivity contribution in [3.8, 4) is 0 Å². The van der Waals surface area contributed by atoms with Crippen molar-refractivity contribution >= 4 is 39.5 Å². The molecule has 4 unspecified atom stereocenters. The molecule has 0 amide bonds. The fraction of sp³-hybridized carbons (Fsp3) is 0.952. The molecular formula is C84H164O17P2.